The van der Waals surface area contributed by atoms with Gasteiger partial charge in [0.1, 0.15) is 5.52 Å². The van der Waals surface area contributed by atoms with Gasteiger partial charge in [-0.25, -0.2) is 0 Å². The van der Waals surface area contributed by atoms with Crippen molar-refractivity contribution in [1.29, 1.82) is 0 Å². The molecule has 19 heavy (non-hydrogen) atoms. The summed E-state index contributed by atoms with van der Waals surface area (Å²) in [4.78, 5) is 4.40. The van der Waals surface area contributed by atoms with Crippen LogP contribution >= 0.6 is 0 Å². The summed E-state index contributed by atoms with van der Waals surface area (Å²) in [5.74, 6) is 0.632. The molecule has 0 spiro atoms. The summed E-state index contributed by atoms with van der Waals surface area (Å²) in [6.07, 6.45) is 0. The van der Waals surface area contributed by atoms with Crippen LogP contribution in [0.15, 0.2) is 22.6 Å². The average Bonchev–Trinajstić information content (AvgIpc) is 2.66. The number of nitrogens with one attached hydrogen (secondary N) is 1. The molecule has 1 aliphatic rings. The van der Waals surface area contributed by atoms with E-state index in [0.717, 1.165) is 17.6 Å². The number of anilines is 2. The van der Waals surface area contributed by atoms with Gasteiger partial charge in [-0.05, 0) is 28.9 Å². The fraction of sp³-hybridized carbons (Fsp3) is 0.533. The number of oxazole rings is 1. The molecule has 3 N–H and O–H groups in total. The van der Waals surface area contributed by atoms with Crippen molar-refractivity contribution in [2.45, 2.75) is 27.7 Å². The van der Waals surface area contributed by atoms with Crippen LogP contribution in [-0.4, -0.2) is 11.5 Å². The molecule has 1 aromatic heterocycles. The fourth-order valence-electron chi connectivity index (χ4n) is 3.08. The van der Waals surface area contributed by atoms with Gasteiger partial charge in [0, 0.05) is 6.54 Å². The van der Waals surface area contributed by atoms with E-state index in [1.807, 2.05) is 18.2 Å². The zero-order valence-electron chi connectivity index (χ0n) is 11.9. The zero-order valence-corrected chi connectivity index (χ0v) is 11.9. The Labute approximate surface area is 113 Å². The predicted molar refractivity (Wildman–Crippen MR) is 78.0 cm³/mol. The molecule has 1 heterocycles. The minimum Gasteiger partial charge on any atom is -0.423 e. The molecule has 0 unspecified atom stereocenters. The highest BCUT2D eigenvalue weighted by Crippen LogP contribution is 2.68. The topological polar surface area (TPSA) is 64.1 Å². The Morgan fingerprint density at radius 2 is 1.95 bits per heavy atom. The van der Waals surface area contributed by atoms with Crippen molar-refractivity contribution in [3.8, 4) is 0 Å². The van der Waals surface area contributed by atoms with E-state index < -0.39 is 0 Å². The maximum absolute atomic E-state index is 5.87. The Hall–Kier alpha value is -1.71. The number of benzene rings is 1. The number of para-hydroxylation sites is 1. The van der Waals surface area contributed by atoms with E-state index >= 15 is 0 Å². The smallest absolute Gasteiger partial charge is 0.295 e. The molecule has 1 saturated carbocycles. The van der Waals surface area contributed by atoms with Gasteiger partial charge in [-0.1, -0.05) is 33.8 Å². The fourth-order valence-corrected chi connectivity index (χ4v) is 3.08. The first-order valence-corrected chi connectivity index (χ1v) is 6.73. The molecule has 102 valence electrons. The van der Waals surface area contributed by atoms with Crippen LogP contribution in [0.2, 0.25) is 0 Å². The second-order valence-corrected chi connectivity index (χ2v) is 6.59. The summed E-state index contributed by atoms with van der Waals surface area (Å²) >= 11 is 0. The normalized spacial score (nSPS) is 20.6. The second-order valence-electron chi connectivity index (χ2n) is 6.59. The summed E-state index contributed by atoms with van der Waals surface area (Å²) in [5.41, 5.74) is 8.73. The summed E-state index contributed by atoms with van der Waals surface area (Å²) in [5, 5.41) is 3.30. The number of nitrogen functional groups attached to an aromatic ring is 1. The van der Waals surface area contributed by atoms with E-state index in [1.54, 1.807) is 0 Å². The number of hydrogen-bond acceptors (Lipinski definition) is 4. The third-order valence-corrected chi connectivity index (χ3v) is 5.23. The molecule has 1 fully saturated rings. The Bertz CT molecular complexity index is 613. The lowest BCUT2D eigenvalue weighted by Crippen LogP contribution is -2.08. The lowest BCUT2D eigenvalue weighted by molar-refractivity contribution is 0.457. The Kier molecular flexibility index (Phi) is 2.37. The number of nitrogens with two attached hydrogens (primary N) is 1. The SMILES string of the molecule is CC1(C)C(CNc2nc3c(N)cccc3o2)C1(C)C. The molecule has 0 atom stereocenters. The van der Waals surface area contributed by atoms with Crippen LogP contribution < -0.4 is 11.1 Å². The van der Waals surface area contributed by atoms with E-state index in [2.05, 4.69) is 38.0 Å². The molecule has 4 heteroatoms. The second kappa shape index (κ2) is 3.65. The minimum atomic E-state index is 0.366. The van der Waals surface area contributed by atoms with Gasteiger partial charge < -0.3 is 15.5 Å². The van der Waals surface area contributed by atoms with Crippen LogP contribution in [0.3, 0.4) is 0 Å². The Balaban J connectivity index is 1.75. The number of fused-ring (bicyclic) bond motifs is 1. The van der Waals surface area contributed by atoms with Gasteiger partial charge in [-0.2, -0.15) is 4.98 Å². The van der Waals surface area contributed by atoms with Crippen LogP contribution in [0, 0.1) is 16.7 Å². The highest BCUT2D eigenvalue weighted by Gasteiger charge is 2.64. The van der Waals surface area contributed by atoms with Gasteiger partial charge >= 0.3 is 0 Å². The molecule has 4 nitrogen and oxygen atoms in total. The van der Waals surface area contributed by atoms with Gasteiger partial charge in [0.25, 0.3) is 6.01 Å². The maximum Gasteiger partial charge on any atom is 0.295 e. The van der Waals surface area contributed by atoms with E-state index in [4.69, 9.17) is 10.2 Å². The van der Waals surface area contributed by atoms with Gasteiger partial charge in [0.2, 0.25) is 0 Å². The Morgan fingerprint density at radius 3 is 2.53 bits per heavy atom. The molecule has 0 bridgehead atoms. The quantitative estimate of drug-likeness (QED) is 0.828. The molecule has 1 aromatic carbocycles. The molecule has 0 saturated heterocycles. The summed E-state index contributed by atoms with van der Waals surface area (Å²) in [7, 11) is 0. The predicted octanol–water partition coefficient (Wildman–Crippen LogP) is 3.50. The van der Waals surface area contributed by atoms with Crippen molar-refractivity contribution in [2.75, 3.05) is 17.6 Å². The standard InChI is InChI=1S/C15H21N3O/c1-14(2)11(15(14,3)4)8-17-13-18-12-9(16)6-5-7-10(12)19-13/h5-7,11H,8,16H2,1-4H3,(H,17,18). The zero-order chi connectivity index (χ0) is 13.8. The van der Waals surface area contributed by atoms with Gasteiger partial charge in [0.05, 0.1) is 5.69 Å². The number of rotatable bonds is 3. The largest absolute Gasteiger partial charge is 0.423 e. The lowest BCUT2D eigenvalue weighted by atomic mass is 10.0. The van der Waals surface area contributed by atoms with Crippen LogP contribution in [-0.2, 0) is 0 Å². The van der Waals surface area contributed by atoms with Crippen molar-refractivity contribution in [1.82, 2.24) is 4.98 Å². The van der Waals surface area contributed by atoms with Gasteiger partial charge in [-0.3, -0.25) is 0 Å². The highest BCUT2D eigenvalue weighted by atomic mass is 16.4. The average molecular weight is 259 g/mol. The van der Waals surface area contributed by atoms with E-state index in [9.17, 15) is 0 Å². The summed E-state index contributed by atoms with van der Waals surface area (Å²) in [6, 6.07) is 6.16. The molecule has 1 aliphatic carbocycles. The van der Waals surface area contributed by atoms with Crippen molar-refractivity contribution in [2.24, 2.45) is 16.7 Å². The van der Waals surface area contributed by atoms with Gasteiger partial charge in [-0.15, -0.1) is 0 Å². The molecular weight excluding hydrogens is 238 g/mol. The molecule has 0 amide bonds. The lowest BCUT2D eigenvalue weighted by Gasteiger charge is -2.04. The third kappa shape index (κ3) is 1.70. The Morgan fingerprint density at radius 1 is 1.26 bits per heavy atom. The summed E-state index contributed by atoms with van der Waals surface area (Å²) < 4.78 is 5.66. The highest BCUT2D eigenvalue weighted by molar-refractivity contribution is 5.86. The van der Waals surface area contributed by atoms with Crippen LogP contribution in [0.5, 0.6) is 0 Å². The van der Waals surface area contributed by atoms with E-state index in [-0.39, 0.29) is 0 Å². The van der Waals surface area contributed by atoms with Crippen LogP contribution in [0.25, 0.3) is 11.1 Å². The molecule has 0 radical (unpaired) electrons. The number of nitrogens with zero attached hydrogens (tertiary/aromatic N) is 1. The van der Waals surface area contributed by atoms with E-state index in [0.29, 0.717) is 28.4 Å². The van der Waals surface area contributed by atoms with E-state index in [1.165, 1.54) is 0 Å². The van der Waals surface area contributed by atoms with Gasteiger partial charge in [0.15, 0.2) is 5.58 Å². The van der Waals surface area contributed by atoms with Crippen molar-refractivity contribution in [3.05, 3.63) is 18.2 Å². The third-order valence-electron chi connectivity index (χ3n) is 5.23. The van der Waals surface area contributed by atoms with Crippen LogP contribution in [0.4, 0.5) is 11.7 Å². The van der Waals surface area contributed by atoms with Crippen LogP contribution in [0.1, 0.15) is 27.7 Å². The van der Waals surface area contributed by atoms with Crippen molar-refractivity contribution >= 4 is 22.8 Å². The van der Waals surface area contributed by atoms with Crippen molar-refractivity contribution in [3.63, 3.8) is 0 Å². The first-order valence-electron chi connectivity index (χ1n) is 6.73. The summed E-state index contributed by atoms with van der Waals surface area (Å²) in [6.45, 7) is 10.1. The minimum absolute atomic E-state index is 0.366. The van der Waals surface area contributed by atoms with Crippen molar-refractivity contribution < 1.29 is 4.42 Å². The first-order chi connectivity index (χ1) is 8.84. The molecule has 0 aliphatic heterocycles. The molecule has 3 rings (SSSR count). The number of hydrogen-bond donors (Lipinski definition) is 2. The molecule has 2 aromatic rings. The first kappa shape index (κ1) is 12.3. The monoisotopic (exact) mass is 259 g/mol. The molecular formula is C15H21N3O. The maximum atomic E-state index is 5.87. The number of aromatic nitrogens is 1.